The summed E-state index contributed by atoms with van der Waals surface area (Å²) < 4.78 is 19.1. The molecule has 1 aliphatic rings. The molecule has 37 heavy (non-hydrogen) atoms. The summed E-state index contributed by atoms with van der Waals surface area (Å²) in [4.78, 5) is 31.5. The number of anilines is 1. The van der Waals surface area contributed by atoms with E-state index in [2.05, 4.69) is 25.2 Å². The molecule has 4 heterocycles. The number of nitrogens with one attached hydrogen (secondary N) is 2. The molecule has 1 aliphatic heterocycles. The van der Waals surface area contributed by atoms with Gasteiger partial charge in [0.15, 0.2) is 5.13 Å². The Morgan fingerprint density at radius 2 is 2.11 bits per heavy atom. The van der Waals surface area contributed by atoms with Gasteiger partial charge in [-0.25, -0.2) is 14.4 Å². The molecular weight excluding hydrogens is 519 g/mol. The number of piperidine rings is 1. The van der Waals surface area contributed by atoms with Gasteiger partial charge in [0, 0.05) is 30.7 Å². The first-order valence-electron chi connectivity index (χ1n) is 12.0. The number of likely N-dealkylation sites (tertiary alicyclic amines) is 1. The second-order valence-corrected chi connectivity index (χ2v) is 10.1. The van der Waals surface area contributed by atoms with Crippen LogP contribution in [-0.4, -0.2) is 62.7 Å². The van der Waals surface area contributed by atoms with Gasteiger partial charge in [0.05, 0.1) is 17.0 Å². The number of H-pyrrole nitrogens is 1. The highest BCUT2D eigenvalue weighted by molar-refractivity contribution is 7.14. The predicted octanol–water partition coefficient (Wildman–Crippen LogP) is 3.93. The number of aromatic nitrogens is 4. The SMILES string of the molecule is O=c1[nH]c(COc2ccc(F)c(Cl)c2)nc2c(-c3csc(NCC4CCN(CCO)CC4)n3)nccc12. The molecule has 1 saturated heterocycles. The number of β-amino-alcohol motifs (C(OH)–C–C–N with tert-alkyl or cyclic N) is 1. The Bertz CT molecular complexity index is 1440. The molecule has 0 unspecified atom stereocenters. The fourth-order valence-electron chi connectivity index (χ4n) is 4.34. The minimum Gasteiger partial charge on any atom is -0.486 e. The van der Waals surface area contributed by atoms with Crippen LogP contribution in [-0.2, 0) is 6.61 Å². The summed E-state index contributed by atoms with van der Waals surface area (Å²) >= 11 is 7.30. The van der Waals surface area contributed by atoms with Crippen molar-refractivity contribution in [3.63, 3.8) is 0 Å². The molecule has 3 N–H and O–H groups in total. The molecule has 194 valence electrons. The van der Waals surface area contributed by atoms with Crippen LogP contribution < -0.4 is 15.6 Å². The Balaban J connectivity index is 1.30. The molecule has 0 amide bonds. The zero-order valence-electron chi connectivity index (χ0n) is 19.9. The molecule has 5 rings (SSSR count). The van der Waals surface area contributed by atoms with Crippen molar-refractivity contribution in [1.82, 2.24) is 24.8 Å². The maximum absolute atomic E-state index is 13.4. The molecule has 1 aromatic carbocycles. The number of hydrogen-bond acceptors (Lipinski definition) is 9. The van der Waals surface area contributed by atoms with E-state index in [1.165, 1.54) is 29.5 Å². The number of thiazole rings is 1. The molecule has 0 bridgehead atoms. The maximum atomic E-state index is 13.4. The molecule has 4 aromatic rings. The largest absolute Gasteiger partial charge is 0.486 e. The van der Waals surface area contributed by atoms with Crippen LogP contribution >= 0.6 is 22.9 Å². The Morgan fingerprint density at radius 1 is 1.27 bits per heavy atom. The monoisotopic (exact) mass is 544 g/mol. The van der Waals surface area contributed by atoms with E-state index in [-0.39, 0.29) is 23.8 Å². The number of aromatic amines is 1. The number of hydrogen-bond donors (Lipinski definition) is 3. The average molecular weight is 545 g/mol. The first-order chi connectivity index (χ1) is 18.0. The zero-order valence-corrected chi connectivity index (χ0v) is 21.5. The lowest BCUT2D eigenvalue weighted by molar-refractivity contribution is 0.151. The Kier molecular flexibility index (Phi) is 7.94. The number of pyridine rings is 1. The fourth-order valence-corrected chi connectivity index (χ4v) is 5.21. The van der Waals surface area contributed by atoms with E-state index in [4.69, 9.17) is 26.4 Å². The maximum Gasteiger partial charge on any atom is 0.258 e. The lowest BCUT2D eigenvalue weighted by atomic mass is 9.97. The van der Waals surface area contributed by atoms with Crippen LogP contribution in [0.15, 0.2) is 40.6 Å². The molecule has 0 atom stereocenters. The minimum absolute atomic E-state index is 0.0392. The number of fused-ring (bicyclic) bond motifs is 1. The normalized spacial score (nSPS) is 14.8. The third-order valence-electron chi connectivity index (χ3n) is 6.35. The van der Waals surface area contributed by atoms with Crippen molar-refractivity contribution in [2.45, 2.75) is 19.4 Å². The van der Waals surface area contributed by atoms with Gasteiger partial charge >= 0.3 is 0 Å². The first-order valence-corrected chi connectivity index (χ1v) is 13.2. The molecule has 0 aliphatic carbocycles. The third-order valence-corrected chi connectivity index (χ3v) is 7.44. The van der Waals surface area contributed by atoms with Crippen LogP contribution in [0.5, 0.6) is 5.75 Å². The number of aliphatic hydroxyl groups is 1. The third kappa shape index (κ3) is 6.07. The van der Waals surface area contributed by atoms with Gasteiger partial charge < -0.3 is 25.0 Å². The van der Waals surface area contributed by atoms with Crippen molar-refractivity contribution in [2.24, 2.45) is 5.92 Å². The van der Waals surface area contributed by atoms with Crippen LogP contribution in [0.1, 0.15) is 18.7 Å². The van der Waals surface area contributed by atoms with Crippen LogP contribution in [0.2, 0.25) is 5.02 Å². The van der Waals surface area contributed by atoms with Gasteiger partial charge in [-0.3, -0.25) is 9.78 Å². The Labute approximate surface area is 221 Å². The van der Waals surface area contributed by atoms with E-state index in [0.717, 1.165) is 44.2 Å². The quantitative estimate of drug-likeness (QED) is 0.290. The highest BCUT2D eigenvalue weighted by atomic mass is 35.5. The smallest absolute Gasteiger partial charge is 0.258 e. The van der Waals surface area contributed by atoms with Crippen LogP contribution in [0, 0.1) is 11.7 Å². The number of benzene rings is 1. The second-order valence-electron chi connectivity index (χ2n) is 8.86. The van der Waals surface area contributed by atoms with Gasteiger partial charge in [0.25, 0.3) is 5.56 Å². The van der Waals surface area contributed by atoms with E-state index >= 15 is 0 Å². The molecule has 1 fully saturated rings. The number of rotatable bonds is 9. The fraction of sp³-hybridized carbons (Fsp3) is 0.360. The van der Waals surface area contributed by atoms with Crippen molar-refractivity contribution < 1.29 is 14.2 Å². The van der Waals surface area contributed by atoms with Crippen molar-refractivity contribution in [3.8, 4) is 17.1 Å². The number of halogens is 2. The van der Waals surface area contributed by atoms with E-state index in [1.54, 1.807) is 12.3 Å². The summed E-state index contributed by atoms with van der Waals surface area (Å²) in [5.74, 6) is 0.669. The summed E-state index contributed by atoms with van der Waals surface area (Å²) in [5.41, 5.74) is 1.25. The average Bonchev–Trinajstić information content (AvgIpc) is 3.38. The van der Waals surface area contributed by atoms with Gasteiger partial charge in [0.2, 0.25) is 0 Å². The lowest BCUT2D eigenvalue weighted by Crippen LogP contribution is -2.37. The van der Waals surface area contributed by atoms with E-state index in [1.807, 2.05) is 5.38 Å². The van der Waals surface area contributed by atoms with Gasteiger partial charge in [0.1, 0.15) is 40.9 Å². The summed E-state index contributed by atoms with van der Waals surface area (Å²) in [6, 6.07) is 5.65. The van der Waals surface area contributed by atoms with Gasteiger partial charge in [-0.1, -0.05) is 11.6 Å². The second kappa shape index (κ2) is 11.5. The highest BCUT2D eigenvalue weighted by Crippen LogP contribution is 2.28. The van der Waals surface area contributed by atoms with Crippen molar-refractivity contribution >= 4 is 39.0 Å². The first kappa shape index (κ1) is 25.5. The summed E-state index contributed by atoms with van der Waals surface area (Å²) in [7, 11) is 0. The van der Waals surface area contributed by atoms with Crippen molar-refractivity contribution in [2.75, 3.05) is 38.1 Å². The molecule has 0 radical (unpaired) electrons. The molecule has 0 saturated carbocycles. The van der Waals surface area contributed by atoms with E-state index in [9.17, 15) is 9.18 Å². The Hall–Kier alpha value is -3.12. The van der Waals surface area contributed by atoms with Crippen LogP contribution in [0.4, 0.5) is 9.52 Å². The lowest BCUT2D eigenvalue weighted by Gasteiger charge is -2.31. The van der Waals surface area contributed by atoms with Crippen LogP contribution in [0.25, 0.3) is 22.3 Å². The molecule has 3 aromatic heterocycles. The summed E-state index contributed by atoms with van der Waals surface area (Å²) in [5, 5.41) is 15.6. The van der Waals surface area contributed by atoms with Crippen molar-refractivity contribution in [3.05, 3.63) is 62.9 Å². The van der Waals surface area contributed by atoms with E-state index < -0.39 is 5.82 Å². The number of ether oxygens (including phenoxy) is 1. The van der Waals surface area contributed by atoms with Crippen molar-refractivity contribution in [1.29, 1.82) is 0 Å². The van der Waals surface area contributed by atoms with Gasteiger partial charge in [-0.2, -0.15) is 0 Å². The van der Waals surface area contributed by atoms with Crippen LogP contribution in [0.3, 0.4) is 0 Å². The Morgan fingerprint density at radius 3 is 2.89 bits per heavy atom. The number of aliphatic hydroxyl groups excluding tert-OH is 1. The van der Waals surface area contributed by atoms with Gasteiger partial charge in [-0.15, -0.1) is 11.3 Å². The van der Waals surface area contributed by atoms with E-state index in [0.29, 0.717) is 39.8 Å². The number of nitrogens with zero attached hydrogens (tertiary/aromatic N) is 4. The summed E-state index contributed by atoms with van der Waals surface area (Å²) in [6.45, 7) is 3.72. The molecular formula is C25H26ClFN6O3S. The molecule has 0 spiro atoms. The van der Waals surface area contributed by atoms with Gasteiger partial charge in [-0.05, 0) is 50.0 Å². The minimum atomic E-state index is -0.539. The topological polar surface area (TPSA) is 116 Å². The highest BCUT2D eigenvalue weighted by Gasteiger charge is 2.19. The summed E-state index contributed by atoms with van der Waals surface area (Å²) in [6.07, 6.45) is 3.73. The molecule has 12 heteroatoms. The predicted molar refractivity (Wildman–Crippen MR) is 142 cm³/mol. The standard InChI is InChI=1S/C25H26ClFN6O3S/c26-18-11-16(1-2-19(18)27)36-13-21-31-22-17(24(35)32-21)3-6-28-23(22)20-14-37-25(30-20)29-12-15-4-7-33(8-5-15)9-10-34/h1-3,6,11,14-15,34H,4-5,7-10,12-13H2,(H,29,30)(H,31,32,35). The molecule has 9 nitrogen and oxygen atoms in total. The zero-order chi connectivity index (χ0) is 25.8.